The predicted molar refractivity (Wildman–Crippen MR) is 152 cm³/mol. The lowest BCUT2D eigenvalue weighted by molar-refractivity contribution is -0.129. The molecule has 6 nitrogen and oxygen atoms in total. The highest BCUT2D eigenvalue weighted by Gasteiger charge is 2.45. The number of benzene rings is 3. The molecule has 0 saturated heterocycles. The molecule has 6 rings (SSSR count). The van der Waals surface area contributed by atoms with Crippen LogP contribution in [-0.4, -0.2) is 21.8 Å². The fraction of sp³-hybridized carbons (Fsp3) is 0.344. The normalized spacial score (nSPS) is 24.6. The van der Waals surface area contributed by atoms with E-state index in [9.17, 15) is 9.59 Å². The van der Waals surface area contributed by atoms with E-state index in [-0.39, 0.29) is 17.2 Å². The molecule has 0 spiro atoms. The first-order valence-corrected chi connectivity index (χ1v) is 13.6. The molecule has 2 aliphatic carbocycles. The van der Waals surface area contributed by atoms with Crippen molar-refractivity contribution < 1.29 is 9.59 Å². The van der Waals surface area contributed by atoms with E-state index >= 15 is 0 Å². The number of hydrogen-bond donors (Lipinski definition) is 3. The first kappa shape index (κ1) is 24.4. The summed E-state index contributed by atoms with van der Waals surface area (Å²) < 4.78 is 0. The van der Waals surface area contributed by atoms with Crippen LogP contribution >= 0.6 is 0 Å². The van der Waals surface area contributed by atoms with Crippen molar-refractivity contribution in [2.45, 2.75) is 46.0 Å². The highest BCUT2D eigenvalue weighted by molar-refractivity contribution is 6.04. The minimum absolute atomic E-state index is 0.133. The summed E-state index contributed by atoms with van der Waals surface area (Å²) in [5.41, 5.74) is 4.46. The van der Waals surface area contributed by atoms with Gasteiger partial charge in [0.15, 0.2) is 0 Å². The van der Waals surface area contributed by atoms with Gasteiger partial charge in [0, 0.05) is 27.9 Å². The molecule has 3 aromatic carbocycles. The zero-order valence-electron chi connectivity index (χ0n) is 22.0. The van der Waals surface area contributed by atoms with E-state index in [1.807, 2.05) is 60.7 Å². The number of amides is 2. The van der Waals surface area contributed by atoms with Gasteiger partial charge in [-0.2, -0.15) is 0 Å². The van der Waals surface area contributed by atoms with Crippen molar-refractivity contribution in [1.82, 2.24) is 9.97 Å². The Morgan fingerprint density at radius 3 is 2.26 bits per heavy atom. The molecule has 4 aromatic rings. The maximum Gasteiger partial charge on any atom is 0.255 e. The molecule has 38 heavy (non-hydrogen) atoms. The van der Waals surface area contributed by atoms with Crippen molar-refractivity contribution in [3.8, 4) is 11.4 Å². The SMILES string of the molecule is CC1CC2CC(C1)CC(C)(C(=O)Nc1ccc3nc(-c4ccc(NC(=O)c5ccccc5)cc4)[nH]c3c1)C2. The van der Waals surface area contributed by atoms with Crippen LogP contribution in [0.2, 0.25) is 0 Å². The minimum Gasteiger partial charge on any atom is -0.338 e. The van der Waals surface area contributed by atoms with Crippen molar-refractivity contribution in [3.63, 3.8) is 0 Å². The van der Waals surface area contributed by atoms with E-state index in [2.05, 4.69) is 29.5 Å². The van der Waals surface area contributed by atoms with Gasteiger partial charge in [-0.3, -0.25) is 9.59 Å². The number of imidazole rings is 1. The van der Waals surface area contributed by atoms with E-state index in [1.54, 1.807) is 12.1 Å². The topological polar surface area (TPSA) is 86.9 Å². The standard InChI is InChI=1S/C32H34N4O2/c1-20-14-21-16-22(15-20)19-32(2,18-21)31(38)34-26-12-13-27-28(17-26)36-29(35-27)23-8-10-25(11-9-23)33-30(37)24-6-4-3-5-7-24/h3-13,17,20-22H,14-16,18-19H2,1-2H3,(H,33,37)(H,34,38)(H,35,36). The van der Waals surface area contributed by atoms with Gasteiger partial charge in [-0.05, 0) is 104 Å². The molecule has 2 unspecified atom stereocenters. The summed E-state index contributed by atoms with van der Waals surface area (Å²) in [4.78, 5) is 33.9. The van der Waals surface area contributed by atoms with Crippen LogP contribution in [0.4, 0.5) is 11.4 Å². The molecule has 0 radical (unpaired) electrons. The van der Waals surface area contributed by atoms with Crippen LogP contribution in [-0.2, 0) is 4.79 Å². The third-order valence-corrected chi connectivity index (χ3v) is 8.36. The highest BCUT2D eigenvalue weighted by Crippen LogP contribution is 2.50. The molecule has 2 fully saturated rings. The summed E-state index contributed by atoms with van der Waals surface area (Å²) in [5, 5.41) is 6.13. The van der Waals surface area contributed by atoms with Gasteiger partial charge in [0.2, 0.25) is 5.91 Å². The average molecular weight is 507 g/mol. The van der Waals surface area contributed by atoms with Crippen molar-refractivity contribution >= 4 is 34.2 Å². The first-order chi connectivity index (χ1) is 18.3. The maximum atomic E-state index is 13.4. The highest BCUT2D eigenvalue weighted by atomic mass is 16.2. The Bertz CT molecular complexity index is 1460. The molecule has 1 heterocycles. The van der Waals surface area contributed by atoms with Crippen LogP contribution in [0.25, 0.3) is 22.4 Å². The molecule has 2 bridgehead atoms. The first-order valence-electron chi connectivity index (χ1n) is 13.6. The number of fused-ring (bicyclic) bond motifs is 3. The van der Waals surface area contributed by atoms with Crippen LogP contribution in [0.3, 0.4) is 0 Å². The summed E-state index contributed by atoms with van der Waals surface area (Å²) in [6.07, 6.45) is 5.76. The summed E-state index contributed by atoms with van der Waals surface area (Å²) in [5.74, 6) is 2.86. The smallest absolute Gasteiger partial charge is 0.255 e. The largest absolute Gasteiger partial charge is 0.338 e. The fourth-order valence-corrected chi connectivity index (χ4v) is 6.78. The van der Waals surface area contributed by atoms with Gasteiger partial charge < -0.3 is 15.6 Å². The Morgan fingerprint density at radius 1 is 0.868 bits per heavy atom. The zero-order chi connectivity index (χ0) is 26.3. The Labute approximate surface area is 223 Å². The van der Waals surface area contributed by atoms with E-state index in [1.165, 1.54) is 19.3 Å². The molecule has 0 aliphatic heterocycles. The van der Waals surface area contributed by atoms with E-state index in [0.29, 0.717) is 17.4 Å². The van der Waals surface area contributed by atoms with Crippen LogP contribution < -0.4 is 10.6 Å². The second-order valence-corrected chi connectivity index (χ2v) is 11.7. The second kappa shape index (κ2) is 9.75. The van der Waals surface area contributed by atoms with Gasteiger partial charge in [0.1, 0.15) is 5.82 Å². The molecule has 2 saturated carbocycles. The van der Waals surface area contributed by atoms with E-state index in [4.69, 9.17) is 4.98 Å². The van der Waals surface area contributed by atoms with Gasteiger partial charge in [-0.15, -0.1) is 0 Å². The third-order valence-electron chi connectivity index (χ3n) is 8.36. The number of H-pyrrole nitrogens is 1. The molecule has 194 valence electrons. The molecule has 2 aliphatic rings. The predicted octanol–water partition coefficient (Wildman–Crippen LogP) is 7.27. The van der Waals surface area contributed by atoms with Gasteiger partial charge in [-0.1, -0.05) is 32.0 Å². The lowest BCUT2D eigenvalue weighted by atomic mass is 9.59. The van der Waals surface area contributed by atoms with Crippen molar-refractivity contribution in [3.05, 3.63) is 78.4 Å². The Hall–Kier alpha value is -3.93. The van der Waals surface area contributed by atoms with Crippen molar-refractivity contribution in [2.24, 2.45) is 23.2 Å². The van der Waals surface area contributed by atoms with Gasteiger partial charge in [-0.25, -0.2) is 4.98 Å². The molecule has 6 heteroatoms. The third kappa shape index (κ3) is 4.95. The Balaban J connectivity index is 1.14. The van der Waals surface area contributed by atoms with E-state index in [0.717, 1.165) is 52.6 Å². The molecule has 1 aromatic heterocycles. The molecular formula is C32H34N4O2. The van der Waals surface area contributed by atoms with Crippen LogP contribution in [0, 0.1) is 23.2 Å². The number of rotatable bonds is 5. The number of carbonyl (C=O) groups is 2. The Morgan fingerprint density at radius 2 is 1.55 bits per heavy atom. The monoisotopic (exact) mass is 506 g/mol. The lowest BCUT2D eigenvalue weighted by Gasteiger charge is -2.46. The summed E-state index contributed by atoms with van der Waals surface area (Å²) in [6.45, 7) is 4.50. The number of aromatic amines is 1. The summed E-state index contributed by atoms with van der Waals surface area (Å²) in [7, 11) is 0. The van der Waals surface area contributed by atoms with Gasteiger partial charge >= 0.3 is 0 Å². The van der Waals surface area contributed by atoms with Gasteiger partial charge in [0.05, 0.1) is 11.0 Å². The quantitative estimate of drug-likeness (QED) is 0.266. The molecule has 3 N–H and O–H groups in total. The number of nitrogens with zero attached hydrogens (tertiary/aromatic N) is 1. The molecule has 2 amide bonds. The van der Waals surface area contributed by atoms with E-state index < -0.39 is 0 Å². The van der Waals surface area contributed by atoms with Crippen molar-refractivity contribution in [2.75, 3.05) is 10.6 Å². The average Bonchev–Trinajstić information content (AvgIpc) is 3.32. The summed E-state index contributed by atoms with van der Waals surface area (Å²) in [6, 6.07) is 22.6. The second-order valence-electron chi connectivity index (χ2n) is 11.7. The van der Waals surface area contributed by atoms with Crippen LogP contribution in [0.15, 0.2) is 72.8 Å². The Kier molecular flexibility index (Phi) is 6.26. The number of anilines is 2. The van der Waals surface area contributed by atoms with Crippen LogP contribution in [0.1, 0.15) is 56.3 Å². The molecule has 2 atom stereocenters. The van der Waals surface area contributed by atoms with Gasteiger partial charge in [0.25, 0.3) is 5.91 Å². The lowest BCUT2D eigenvalue weighted by Crippen LogP contribution is -2.43. The maximum absolute atomic E-state index is 13.4. The minimum atomic E-state index is -0.306. The van der Waals surface area contributed by atoms with Crippen molar-refractivity contribution in [1.29, 1.82) is 0 Å². The van der Waals surface area contributed by atoms with Crippen LogP contribution in [0.5, 0.6) is 0 Å². The number of aromatic nitrogens is 2. The fourth-order valence-electron chi connectivity index (χ4n) is 6.78. The number of carbonyl (C=O) groups excluding carboxylic acids is 2. The molecular weight excluding hydrogens is 472 g/mol. The number of nitrogens with one attached hydrogen (secondary N) is 3. The summed E-state index contributed by atoms with van der Waals surface area (Å²) >= 11 is 0. The zero-order valence-corrected chi connectivity index (χ0v) is 22.0. The number of hydrogen-bond acceptors (Lipinski definition) is 3.